The molecule has 0 radical (unpaired) electrons. The van der Waals surface area contributed by atoms with E-state index in [9.17, 15) is 13.2 Å². The third-order valence-electron chi connectivity index (χ3n) is 3.90. The minimum atomic E-state index is -3.73. The summed E-state index contributed by atoms with van der Waals surface area (Å²) in [6, 6.07) is 4.80. The molecule has 0 amide bonds. The average molecular weight is 331 g/mol. The van der Waals surface area contributed by atoms with Gasteiger partial charge in [0, 0.05) is 42.8 Å². The van der Waals surface area contributed by atoms with Crippen LogP contribution in [0.5, 0.6) is 0 Å². The van der Waals surface area contributed by atoms with Gasteiger partial charge in [0.25, 0.3) is 10.0 Å². The van der Waals surface area contributed by atoms with Crippen LogP contribution < -0.4 is 5.32 Å². The highest BCUT2D eigenvalue weighted by molar-refractivity contribution is 7.89. The molecule has 0 aromatic heterocycles. The van der Waals surface area contributed by atoms with E-state index in [0.717, 1.165) is 15.6 Å². The Morgan fingerprint density at radius 3 is 2.74 bits per heavy atom. The zero-order chi connectivity index (χ0) is 16.8. The molecule has 1 aromatic carbocycles. The number of nitrogens with one attached hydrogen (secondary N) is 1. The van der Waals surface area contributed by atoms with Gasteiger partial charge >= 0.3 is 0 Å². The fourth-order valence-corrected chi connectivity index (χ4v) is 4.15. The predicted octanol–water partition coefficient (Wildman–Crippen LogP) is 1.95. The smallest absolute Gasteiger partial charge is 0.264 e. The van der Waals surface area contributed by atoms with Crippen LogP contribution in [0.15, 0.2) is 51.4 Å². The number of rotatable bonds is 2. The number of benzene rings is 1. The zero-order valence-electron chi connectivity index (χ0n) is 13.1. The van der Waals surface area contributed by atoms with E-state index in [1.165, 1.54) is 13.1 Å². The van der Waals surface area contributed by atoms with Gasteiger partial charge in [-0.3, -0.25) is 14.1 Å². The lowest BCUT2D eigenvalue weighted by Crippen LogP contribution is -2.38. The summed E-state index contributed by atoms with van der Waals surface area (Å²) in [5.41, 5.74) is 2.51. The van der Waals surface area contributed by atoms with Crippen LogP contribution in [0.25, 0.3) is 0 Å². The number of Topliss-reactive ketones (excluding diaryl/α,β-unsaturated/α-hetero) is 1. The fourth-order valence-electron chi connectivity index (χ4n) is 2.72. The number of aryl methyl sites for hydroxylation is 1. The molecule has 7 heteroatoms. The largest absolute Gasteiger partial charge is 0.359 e. The van der Waals surface area contributed by atoms with Crippen molar-refractivity contribution in [3.63, 3.8) is 0 Å². The monoisotopic (exact) mass is 331 g/mol. The standard InChI is InChI=1S/C16H17N3O3S/c1-10-4-5-14-13(8-10)16(20)15(19(3)23(14,21)22)11(2)18-12-6-7-17-9-12/h4-5,7-9,18H,6H2,1-3H3/b15-11-. The first kappa shape index (κ1) is 15.5. The number of hydrogen-bond acceptors (Lipinski definition) is 5. The van der Waals surface area contributed by atoms with Crippen LogP contribution in [0.2, 0.25) is 0 Å². The first-order chi connectivity index (χ1) is 10.8. The van der Waals surface area contributed by atoms with Crippen LogP contribution in [0.4, 0.5) is 0 Å². The second-order valence-electron chi connectivity index (χ2n) is 5.59. The predicted molar refractivity (Wildman–Crippen MR) is 87.5 cm³/mol. The van der Waals surface area contributed by atoms with Crippen LogP contribution in [0.1, 0.15) is 29.3 Å². The lowest BCUT2D eigenvalue weighted by atomic mass is 10.0. The summed E-state index contributed by atoms with van der Waals surface area (Å²) < 4.78 is 26.4. The van der Waals surface area contributed by atoms with Crippen molar-refractivity contribution in [1.29, 1.82) is 0 Å². The number of carbonyl (C=O) groups excluding carboxylic acids is 1. The van der Waals surface area contributed by atoms with Crippen molar-refractivity contribution in [3.05, 3.63) is 52.6 Å². The summed E-state index contributed by atoms with van der Waals surface area (Å²) >= 11 is 0. The molecule has 2 aliphatic rings. The molecule has 0 aliphatic carbocycles. The molecule has 0 saturated carbocycles. The number of fused-ring (bicyclic) bond motifs is 1. The summed E-state index contributed by atoms with van der Waals surface area (Å²) in [5.74, 6) is -0.300. The highest BCUT2D eigenvalue weighted by atomic mass is 32.2. The summed E-state index contributed by atoms with van der Waals surface area (Å²) in [5, 5.41) is 3.08. The molecule has 1 aromatic rings. The van der Waals surface area contributed by atoms with E-state index in [4.69, 9.17) is 0 Å². The van der Waals surface area contributed by atoms with Crippen LogP contribution in [0.3, 0.4) is 0 Å². The van der Waals surface area contributed by atoms with Crippen molar-refractivity contribution in [2.24, 2.45) is 4.99 Å². The lowest BCUT2D eigenvalue weighted by molar-refractivity contribution is 0.100. The Morgan fingerprint density at radius 2 is 2.09 bits per heavy atom. The lowest BCUT2D eigenvalue weighted by Gasteiger charge is -2.30. The summed E-state index contributed by atoms with van der Waals surface area (Å²) in [7, 11) is -2.34. The van der Waals surface area contributed by atoms with Crippen LogP contribution in [-0.2, 0) is 10.0 Å². The first-order valence-corrected chi connectivity index (χ1v) is 8.59. The molecule has 0 spiro atoms. The maximum Gasteiger partial charge on any atom is 0.264 e. The Morgan fingerprint density at radius 1 is 1.35 bits per heavy atom. The van der Waals surface area contributed by atoms with Gasteiger partial charge in [0.2, 0.25) is 5.78 Å². The third-order valence-corrected chi connectivity index (χ3v) is 5.71. The van der Waals surface area contributed by atoms with Gasteiger partial charge in [0.15, 0.2) is 0 Å². The van der Waals surface area contributed by atoms with E-state index in [0.29, 0.717) is 12.1 Å². The maximum atomic E-state index is 12.8. The number of hydrogen-bond donors (Lipinski definition) is 1. The maximum absolute atomic E-state index is 12.8. The number of nitrogens with zero attached hydrogens (tertiary/aromatic N) is 2. The Bertz CT molecular complexity index is 895. The van der Waals surface area contributed by atoms with E-state index < -0.39 is 10.0 Å². The summed E-state index contributed by atoms with van der Waals surface area (Å²) in [6.45, 7) is 3.52. The normalized spacial score (nSPS) is 21.1. The Labute approximate surface area is 135 Å². The van der Waals surface area contributed by atoms with Crippen molar-refractivity contribution in [3.8, 4) is 0 Å². The highest BCUT2D eigenvalue weighted by Gasteiger charge is 2.38. The molecule has 1 N–H and O–H groups in total. The number of ketones is 1. The summed E-state index contributed by atoms with van der Waals surface area (Å²) in [6.07, 6.45) is 4.02. The van der Waals surface area contributed by atoms with Crippen molar-refractivity contribution < 1.29 is 13.2 Å². The Balaban J connectivity index is 2.14. The Hall–Kier alpha value is -2.41. The molecule has 2 heterocycles. The second kappa shape index (κ2) is 5.34. The molecule has 23 heavy (non-hydrogen) atoms. The minimum Gasteiger partial charge on any atom is -0.359 e. The van der Waals surface area contributed by atoms with Gasteiger partial charge in [-0.05, 0) is 26.0 Å². The number of sulfonamides is 1. The SMILES string of the molecule is C/C(NC1=CN=CC1)=C1\C(=O)c2cc(C)ccc2S(=O)(=O)N1C. The van der Waals surface area contributed by atoms with E-state index in [-0.39, 0.29) is 21.9 Å². The van der Waals surface area contributed by atoms with E-state index >= 15 is 0 Å². The van der Waals surface area contributed by atoms with Gasteiger partial charge in [0.05, 0.1) is 4.90 Å². The first-order valence-electron chi connectivity index (χ1n) is 7.15. The van der Waals surface area contributed by atoms with Gasteiger partial charge < -0.3 is 5.32 Å². The second-order valence-corrected chi connectivity index (χ2v) is 7.53. The fraction of sp³-hybridized carbons (Fsp3) is 0.250. The van der Waals surface area contributed by atoms with Crippen molar-refractivity contribution in [2.75, 3.05) is 7.05 Å². The number of allylic oxidation sites excluding steroid dienone is 3. The zero-order valence-corrected chi connectivity index (χ0v) is 13.9. The summed E-state index contributed by atoms with van der Waals surface area (Å²) in [4.78, 5) is 16.9. The molecule has 0 saturated heterocycles. The van der Waals surface area contributed by atoms with E-state index in [1.807, 2.05) is 6.92 Å². The molecule has 6 nitrogen and oxygen atoms in total. The Kier molecular flexibility index (Phi) is 3.60. The molecule has 0 fully saturated rings. The number of carbonyl (C=O) groups is 1. The molecule has 3 rings (SSSR count). The van der Waals surface area contributed by atoms with Crippen molar-refractivity contribution >= 4 is 22.0 Å². The van der Waals surface area contributed by atoms with E-state index in [1.54, 1.807) is 31.5 Å². The van der Waals surface area contributed by atoms with Gasteiger partial charge in [-0.25, -0.2) is 8.42 Å². The molecule has 0 atom stereocenters. The molecule has 2 aliphatic heterocycles. The van der Waals surface area contributed by atoms with Gasteiger partial charge in [-0.15, -0.1) is 0 Å². The minimum absolute atomic E-state index is 0.0514. The molecule has 0 bridgehead atoms. The quantitative estimate of drug-likeness (QED) is 0.840. The topological polar surface area (TPSA) is 78.8 Å². The van der Waals surface area contributed by atoms with E-state index in [2.05, 4.69) is 10.3 Å². The number of aliphatic imine (C=N–C) groups is 1. The molecular weight excluding hydrogens is 314 g/mol. The molecule has 0 unspecified atom stereocenters. The van der Waals surface area contributed by atoms with Crippen molar-refractivity contribution in [1.82, 2.24) is 9.62 Å². The average Bonchev–Trinajstić information content (AvgIpc) is 2.98. The van der Waals surface area contributed by atoms with Crippen LogP contribution in [0, 0.1) is 6.92 Å². The van der Waals surface area contributed by atoms with Gasteiger partial charge in [0.1, 0.15) is 5.70 Å². The van der Waals surface area contributed by atoms with Crippen LogP contribution in [-0.4, -0.2) is 31.8 Å². The van der Waals surface area contributed by atoms with Crippen LogP contribution >= 0.6 is 0 Å². The molecular formula is C16H17N3O3S. The molecule has 120 valence electrons. The third kappa shape index (κ3) is 2.46. The van der Waals surface area contributed by atoms with Gasteiger partial charge in [-0.1, -0.05) is 11.6 Å². The number of likely N-dealkylation sites (N-methyl/N-ethyl adjacent to an activating group) is 1. The van der Waals surface area contributed by atoms with Crippen molar-refractivity contribution in [2.45, 2.75) is 25.2 Å². The van der Waals surface area contributed by atoms with Gasteiger partial charge in [-0.2, -0.15) is 0 Å². The highest BCUT2D eigenvalue weighted by Crippen LogP contribution is 2.32.